The smallest absolute Gasteiger partial charge is 0.253 e. The lowest BCUT2D eigenvalue weighted by Gasteiger charge is -2.04. The van der Waals surface area contributed by atoms with Gasteiger partial charge in [0.25, 0.3) is 5.91 Å². The van der Waals surface area contributed by atoms with Crippen LogP contribution in [0.5, 0.6) is 0 Å². The van der Waals surface area contributed by atoms with Crippen molar-refractivity contribution in [3.05, 3.63) is 47.0 Å². The molecule has 3 aromatic rings. The van der Waals surface area contributed by atoms with E-state index < -0.39 is 0 Å². The number of nitrogens with one attached hydrogen (secondary N) is 2. The molecule has 0 saturated carbocycles. The largest absolute Gasteiger partial charge is 0.399 e. The number of benzene rings is 1. The Morgan fingerprint density at radius 2 is 2.24 bits per heavy atom. The Bertz CT molecular complexity index is 797. The van der Waals surface area contributed by atoms with Crippen molar-refractivity contribution in [2.24, 2.45) is 0 Å². The van der Waals surface area contributed by atoms with Gasteiger partial charge < -0.3 is 20.6 Å². The van der Waals surface area contributed by atoms with Gasteiger partial charge in [0.2, 0.25) is 0 Å². The molecule has 6 nitrogen and oxygen atoms in total. The van der Waals surface area contributed by atoms with E-state index in [-0.39, 0.29) is 5.91 Å². The first-order chi connectivity index (χ1) is 10.1. The number of H-pyrrole nitrogens is 1. The molecular weight excluding hydrogens is 268 g/mol. The van der Waals surface area contributed by atoms with E-state index >= 15 is 0 Å². The summed E-state index contributed by atoms with van der Waals surface area (Å²) in [5.74, 6) is 0.558. The number of nitrogen functional groups attached to an aromatic ring is 1. The Morgan fingerprint density at radius 1 is 1.43 bits per heavy atom. The zero-order chi connectivity index (χ0) is 15.0. The minimum absolute atomic E-state index is 0.160. The quantitative estimate of drug-likeness (QED) is 0.643. The normalized spacial score (nSPS) is 11.0. The van der Waals surface area contributed by atoms with Gasteiger partial charge in [-0.25, -0.2) is 0 Å². The standard InChI is InChI=1S/C15H16N4O2/c1-8-12(9(2)21-19-8)6-18-15(20)13-7-17-14-4-3-10(16)5-11(13)14/h3-5,7,17H,6,16H2,1-2H3,(H,18,20). The second kappa shape index (κ2) is 4.97. The van der Waals surface area contributed by atoms with Gasteiger partial charge in [0.05, 0.1) is 11.3 Å². The van der Waals surface area contributed by atoms with Gasteiger partial charge in [-0.3, -0.25) is 4.79 Å². The summed E-state index contributed by atoms with van der Waals surface area (Å²) in [6.07, 6.45) is 1.69. The molecule has 21 heavy (non-hydrogen) atoms. The Morgan fingerprint density at radius 3 is 2.95 bits per heavy atom. The van der Waals surface area contributed by atoms with Crippen LogP contribution >= 0.6 is 0 Å². The topological polar surface area (TPSA) is 96.9 Å². The summed E-state index contributed by atoms with van der Waals surface area (Å²) in [5.41, 5.74) is 9.55. The zero-order valence-electron chi connectivity index (χ0n) is 11.9. The third-order valence-corrected chi connectivity index (χ3v) is 3.56. The van der Waals surface area contributed by atoms with Crippen LogP contribution in [0.1, 0.15) is 27.4 Å². The molecule has 0 bridgehead atoms. The fourth-order valence-electron chi connectivity index (χ4n) is 2.34. The lowest BCUT2D eigenvalue weighted by atomic mass is 10.1. The number of carbonyl (C=O) groups is 1. The highest BCUT2D eigenvalue weighted by molar-refractivity contribution is 6.07. The molecule has 0 spiro atoms. The van der Waals surface area contributed by atoms with E-state index in [0.29, 0.717) is 17.8 Å². The molecular formula is C15H16N4O2. The first-order valence-electron chi connectivity index (χ1n) is 6.63. The molecule has 0 aliphatic carbocycles. The maximum atomic E-state index is 12.3. The number of nitrogens with two attached hydrogens (primary N) is 1. The molecule has 4 N–H and O–H groups in total. The van der Waals surface area contributed by atoms with E-state index in [1.54, 1.807) is 18.3 Å². The van der Waals surface area contributed by atoms with Crippen LogP contribution in [-0.4, -0.2) is 16.0 Å². The molecule has 0 saturated heterocycles. The summed E-state index contributed by atoms with van der Waals surface area (Å²) in [5, 5.41) is 7.56. The Kier molecular flexibility index (Phi) is 3.13. The average molecular weight is 284 g/mol. The van der Waals surface area contributed by atoms with E-state index in [1.807, 2.05) is 19.9 Å². The second-order valence-corrected chi connectivity index (χ2v) is 4.99. The van der Waals surface area contributed by atoms with E-state index in [2.05, 4.69) is 15.5 Å². The highest BCUT2D eigenvalue weighted by Crippen LogP contribution is 2.21. The summed E-state index contributed by atoms with van der Waals surface area (Å²) >= 11 is 0. The highest BCUT2D eigenvalue weighted by atomic mass is 16.5. The van der Waals surface area contributed by atoms with Crippen LogP contribution in [0.4, 0.5) is 5.69 Å². The maximum Gasteiger partial charge on any atom is 0.253 e. The molecule has 3 rings (SSSR count). The van der Waals surface area contributed by atoms with Crippen LogP contribution in [0.25, 0.3) is 10.9 Å². The van der Waals surface area contributed by atoms with Crippen LogP contribution in [-0.2, 0) is 6.54 Å². The molecule has 108 valence electrons. The number of anilines is 1. The van der Waals surface area contributed by atoms with E-state index in [4.69, 9.17) is 10.3 Å². The summed E-state index contributed by atoms with van der Waals surface area (Å²) in [6, 6.07) is 5.44. The Balaban J connectivity index is 1.83. The summed E-state index contributed by atoms with van der Waals surface area (Å²) in [6.45, 7) is 4.06. The van der Waals surface area contributed by atoms with Crippen molar-refractivity contribution in [1.82, 2.24) is 15.5 Å². The van der Waals surface area contributed by atoms with Gasteiger partial charge in [0, 0.05) is 34.9 Å². The van der Waals surface area contributed by atoms with Crippen molar-refractivity contribution >= 4 is 22.5 Å². The van der Waals surface area contributed by atoms with Crippen molar-refractivity contribution in [3.63, 3.8) is 0 Å². The molecule has 0 fully saturated rings. The van der Waals surface area contributed by atoms with Crippen LogP contribution in [0.3, 0.4) is 0 Å². The van der Waals surface area contributed by atoms with Crippen LogP contribution in [0, 0.1) is 13.8 Å². The molecule has 2 heterocycles. The molecule has 2 aromatic heterocycles. The number of fused-ring (bicyclic) bond motifs is 1. The van der Waals surface area contributed by atoms with Gasteiger partial charge >= 0.3 is 0 Å². The number of hydrogen-bond acceptors (Lipinski definition) is 4. The van der Waals surface area contributed by atoms with Crippen LogP contribution in [0.2, 0.25) is 0 Å². The third kappa shape index (κ3) is 2.35. The number of aromatic nitrogens is 2. The third-order valence-electron chi connectivity index (χ3n) is 3.56. The fraction of sp³-hybridized carbons (Fsp3) is 0.200. The van der Waals surface area contributed by atoms with E-state index in [9.17, 15) is 4.79 Å². The van der Waals surface area contributed by atoms with Crippen molar-refractivity contribution in [2.45, 2.75) is 20.4 Å². The number of aromatic amines is 1. The molecule has 6 heteroatoms. The van der Waals surface area contributed by atoms with Crippen LogP contribution in [0.15, 0.2) is 28.9 Å². The molecule has 0 aliphatic heterocycles. The molecule has 1 aromatic carbocycles. The zero-order valence-corrected chi connectivity index (χ0v) is 11.9. The SMILES string of the molecule is Cc1noc(C)c1CNC(=O)c1c[nH]c2ccc(N)cc12. The summed E-state index contributed by atoms with van der Waals surface area (Å²) in [4.78, 5) is 15.4. The second-order valence-electron chi connectivity index (χ2n) is 4.99. The average Bonchev–Trinajstić information content (AvgIpc) is 3.00. The number of amides is 1. The van der Waals surface area contributed by atoms with Crippen molar-refractivity contribution in [2.75, 3.05) is 5.73 Å². The number of rotatable bonds is 3. The minimum Gasteiger partial charge on any atom is -0.399 e. The van der Waals surface area contributed by atoms with Gasteiger partial charge in [-0.1, -0.05) is 5.16 Å². The lowest BCUT2D eigenvalue weighted by Crippen LogP contribution is -2.23. The summed E-state index contributed by atoms with van der Waals surface area (Å²) in [7, 11) is 0. The van der Waals surface area contributed by atoms with Crippen molar-refractivity contribution < 1.29 is 9.32 Å². The number of nitrogens with zero attached hydrogens (tertiary/aromatic N) is 1. The Hall–Kier alpha value is -2.76. The van der Waals surface area contributed by atoms with Gasteiger partial charge in [0.15, 0.2) is 0 Å². The van der Waals surface area contributed by atoms with Crippen molar-refractivity contribution in [1.29, 1.82) is 0 Å². The monoisotopic (exact) mass is 284 g/mol. The predicted octanol–water partition coefficient (Wildman–Crippen LogP) is 2.28. The van der Waals surface area contributed by atoms with Crippen molar-refractivity contribution in [3.8, 4) is 0 Å². The molecule has 0 atom stereocenters. The predicted molar refractivity (Wildman–Crippen MR) is 79.9 cm³/mol. The number of aryl methyl sites for hydroxylation is 2. The van der Waals surface area contributed by atoms with Gasteiger partial charge in [-0.2, -0.15) is 0 Å². The Labute approximate surface area is 121 Å². The highest BCUT2D eigenvalue weighted by Gasteiger charge is 2.14. The molecule has 1 amide bonds. The maximum absolute atomic E-state index is 12.3. The number of carbonyl (C=O) groups excluding carboxylic acids is 1. The van der Waals surface area contributed by atoms with Crippen LogP contribution < -0.4 is 11.1 Å². The molecule has 0 radical (unpaired) electrons. The van der Waals surface area contributed by atoms with Gasteiger partial charge in [0.1, 0.15) is 5.76 Å². The fourth-order valence-corrected chi connectivity index (χ4v) is 2.34. The van der Waals surface area contributed by atoms with Gasteiger partial charge in [-0.05, 0) is 32.0 Å². The first kappa shape index (κ1) is 13.2. The molecule has 0 unspecified atom stereocenters. The van der Waals surface area contributed by atoms with Gasteiger partial charge in [-0.15, -0.1) is 0 Å². The minimum atomic E-state index is -0.160. The first-order valence-corrected chi connectivity index (χ1v) is 6.63. The van der Waals surface area contributed by atoms with E-state index in [1.165, 1.54) is 0 Å². The lowest BCUT2D eigenvalue weighted by molar-refractivity contribution is 0.0952. The number of hydrogen-bond donors (Lipinski definition) is 3. The molecule has 0 aliphatic rings. The van der Waals surface area contributed by atoms with E-state index in [0.717, 1.165) is 27.9 Å². The summed E-state index contributed by atoms with van der Waals surface area (Å²) < 4.78 is 5.08.